The van der Waals surface area contributed by atoms with E-state index in [-0.39, 0.29) is 11.4 Å². The average Bonchev–Trinajstić information content (AvgIpc) is 3.16. The van der Waals surface area contributed by atoms with E-state index in [0.29, 0.717) is 17.5 Å². The third kappa shape index (κ3) is 2.62. The lowest BCUT2D eigenvalue weighted by atomic mass is 9.74. The van der Waals surface area contributed by atoms with Crippen molar-refractivity contribution in [3.63, 3.8) is 0 Å². The van der Waals surface area contributed by atoms with E-state index in [4.69, 9.17) is 0 Å². The van der Waals surface area contributed by atoms with Gasteiger partial charge in [-0.3, -0.25) is 4.79 Å². The summed E-state index contributed by atoms with van der Waals surface area (Å²) in [6.07, 6.45) is 4.58. The van der Waals surface area contributed by atoms with Crippen LogP contribution in [0.1, 0.15) is 40.7 Å². The van der Waals surface area contributed by atoms with Crippen LogP contribution < -0.4 is 0 Å². The molecule has 0 saturated carbocycles. The monoisotopic (exact) mass is 396 g/mol. The van der Waals surface area contributed by atoms with Gasteiger partial charge in [0.2, 0.25) is 0 Å². The SMILES string of the molecule is O=C1c2ccccc2S(=O)(=O)N1CCN1CCC2(CCc3ccccc32)CC1. The highest BCUT2D eigenvalue weighted by atomic mass is 32.2. The molecule has 28 heavy (non-hydrogen) atoms. The van der Waals surface area contributed by atoms with Crippen molar-refractivity contribution in [2.45, 2.75) is 36.0 Å². The number of rotatable bonds is 3. The molecule has 5 nitrogen and oxygen atoms in total. The van der Waals surface area contributed by atoms with Gasteiger partial charge in [-0.1, -0.05) is 36.4 Å². The molecule has 5 rings (SSSR count). The van der Waals surface area contributed by atoms with Gasteiger partial charge in [-0.25, -0.2) is 12.7 Å². The van der Waals surface area contributed by atoms with Crippen molar-refractivity contribution in [1.82, 2.24) is 9.21 Å². The Morgan fingerprint density at radius 2 is 1.61 bits per heavy atom. The summed E-state index contributed by atoms with van der Waals surface area (Å²) in [6, 6.07) is 15.3. The second-order valence-electron chi connectivity index (χ2n) is 8.16. The fraction of sp³-hybridized carbons (Fsp3) is 0.409. The minimum atomic E-state index is -3.70. The van der Waals surface area contributed by atoms with Gasteiger partial charge in [-0.15, -0.1) is 0 Å². The minimum Gasteiger partial charge on any atom is -0.301 e. The number of amides is 1. The van der Waals surface area contributed by atoms with Gasteiger partial charge < -0.3 is 4.90 Å². The molecule has 1 fully saturated rings. The Kier molecular flexibility index (Phi) is 4.10. The van der Waals surface area contributed by atoms with Crippen LogP contribution in [-0.4, -0.2) is 49.7 Å². The number of nitrogens with zero attached hydrogens (tertiary/aromatic N) is 2. The Labute approximate surface area is 166 Å². The lowest BCUT2D eigenvalue weighted by Gasteiger charge is -2.40. The zero-order chi connectivity index (χ0) is 19.4. The Bertz CT molecular complexity index is 1040. The zero-order valence-corrected chi connectivity index (χ0v) is 16.6. The molecule has 0 aromatic heterocycles. The maximum atomic E-state index is 12.7. The number of carbonyl (C=O) groups is 1. The fourth-order valence-electron chi connectivity index (χ4n) is 5.17. The lowest BCUT2D eigenvalue weighted by molar-refractivity contribution is 0.0846. The predicted octanol–water partition coefficient (Wildman–Crippen LogP) is 2.81. The van der Waals surface area contributed by atoms with Gasteiger partial charge in [0.15, 0.2) is 0 Å². The average molecular weight is 397 g/mol. The van der Waals surface area contributed by atoms with E-state index in [1.807, 2.05) is 0 Å². The summed E-state index contributed by atoms with van der Waals surface area (Å²) in [5.74, 6) is -0.395. The number of hydrogen-bond donors (Lipinski definition) is 0. The molecule has 1 saturated heterocycles. The van der Waals surface area contributed by atoms with Crippen molar-refractivity contribution in [3.8, 4) is 0 Å². The third-order valence-corrected chi connectivity index (χ3v) is 8.65. The standard InChI is InChI=1S/C22H24N2O3S/c25-21-18-6-2-4-8-20(18)28(26,27)24(21)16-15-23-13-11-22(12-14-23)10-9-17-5-1-3-7-19(17)22/h1-8H,9-16H2. The van der Waals surface area contributed by atoms with E-state index in [2.05, 4.69) is 29.2 Å². The van der Waals surface area contributed by atoms with Gasteiger partial charge in [0, 0.05) is 6.54 Å². The first-order chi connectivity index (χ1) is 13.5. The van der Waals surface area contributed by atoms with Crippen LogP contribution in [0.15, 0.2) is 53.4 Å². The quantitative estimate of drug-likeness (QED) is 0.801. The lowest BCUT2D eigenvalue weighted by Crippen LogP contribution is -2.45. The molecular weight excluding hydrogens is 372 g/mol. The van der Waals surface area contributed by atoms with Crippen LogP contribution in [0.4, 0.5) is 0 Å². The van der Waals surface area contributed by atoms with Crippen LogP contribution >= 0.6 is 0 Å². The molecule has 0 unspecified atom stereocenters. The van der Waals surface area contributed by atoms with Gasteiger partial charge in [0.25, 0.3) is 15.9 Å². The summed E-state index contributed by atoms with van der Waals surface area (Å²) < 4.78 is 26.4. The molecule has 0 bridgehead atoms. The molecular formula is C22H24N2O3S. The fourth-order valence-corrected chi connectivity index (χ4v) is 6.73. The summed E-state index contributed by atoms with van der Waals surface area (Å²) in [4.78, 5) is 15.0. The van der Waals surface area contributed by atoms with Crippen LogP contribution in [0.25, 0.3) is 0 Å². The molecule has 0 N–H and O–H groups in total. The second-order valence-corrected chi connectivity index (χ2v) is 9.99. The van der Waals surface area contributed by atoms with Crippen molar-refractivity contribution in [1.29, 1.82) is 0 Å². The maximum absolute atomic E-state index is 12.7. The van der Waals surface area contributed by atoms with Gasteiger partial charge in [-0.2, -0.15) is 0 Å². The summed E-state index contributed by atoms with van der Waals surface area (Å²) in [5.41, 5.74) is 3.59. The van der Waals surface area contributed by atoms with E-state index in [1.54, 1.807) is 18.2 Å². The first kappa shape index (κ1) is 17.9. The third-order valence-electron chi connectivity index (χ3n) is 6.81. The molecule has 2 aromatic carbocycles. The summed E-state index contributed by atoms with van der Waals surface area (Å²) in [6.45, 7) is 2.71. The predicted molar refractivity (Wildman–Crippen MR) is 107 cm³/mol. The van der Waals surface area contributed by atoms with Gasteiger partial charge >= 0.3 is 0 Å². The number of sulfonamides is 1. The Hall–Kier alpha value is -2.18. The Morgan fingerprint density at radius 1 is 0.893 bits per heavy atom. The molecule has 1 aliphatic carbocycles. The van der Waals surface area contributed by atoms with Crippen molar-refractivity contribution >= 4 is 15.9 Å². The minimum absolute atomic E-state index is 0.139. The summed E-state index contributed by atoms with van der Waals surface area (Å²) in [5, 5.41) is 0. The molecule has 2 aliphatic heterocycles. The molecule has 0 radical (unpaired) electrons. The number of likely N-dealkylation sites (tertiary alicyclic amines) is 1. The topological polar surface area (TPSA) is 57.7 Å². The normalized spacial score (nSPS) is 22.4. The van der Waals surface area contributed by atoms with Gasteiger partial charge in [-0.05, 0) is 67.4 Å². The van der Waals surface area contributed by atoms with Crippen LogP contribution in [0.5, 0.6) is 0 Å². The van der Waals surface area contributed by atoms with Gasteiger partial charge in [0.1, 0.15) is 4.90 Å². The van der Waals surface area contributed by atoms with Gasteiger partial charge in [0.05, 0.1) is 12.1 Å². The molecule has 146 valence electrons. The van der Waals surface area contributed by atoms with E-state index in [9.17, 15) is 13.2 Å². The van der Waals surface area contributed by atoms with Crippen molar-refractivity contribution < 1.29 is 13.2 Å². The zero-order valence-electron chi connectivity index (χ0n) is 15.8. The van der Waals surface area contributed by atoms with Crippen LogP contribution in [0, 0.1) is 0 Å². The highest BCUT2D eigenvalue weighted by Crippen LogP contribution is 2.46. The molecule has 6 heteroatoms. The van der Waals surface area contributed by atoms with Crippen LogP contribution in [0.2, 0.25) is 0 Å². The summed E-state index contributed by atoms with van der Waals surface area (Å²) >= 11 is 0. The largest absolute Gasteiger partial charge is 0.301 e. The molecule has 2 aromatic rings. The number of hydrogen-bond acceptors (Lipinski definition) is 4. The second kappa shape index (κ2) is 6.42. The highest BCUT2D eigenvalue weighted by Gasteiger charge is 2.43. The van der Waals surface area contributed by atoms with E-state index < -0.39 is 15.9 Å². The highest BCUT2D eigenvalue weighted by molar-refractivity contribution is 7.90. The molecule has 0 atom stereocenters. The van der Waals surface area contributed by atoms with Crippen molar-refractivity contribution in [3.05, 3.63) is 65.2 Å². The number of carbonyl (C=O) groups excluding carboxylic acids is 1. The molecule has 1 amide bonds. The van der Waals surface area contributed by atoms with E-state index >= 15 is 0 Å². The first-order valence-electron chi connectivity index (χ1n) is 9.98. The maximum Gasteiger partial charge on any atom is 0.269 e. The first-order valence-corrected chi connectivity index (χ1v) is 11.4. The Balaban J connectivity index is 1.25. The number of benzene rings is 2. The van der Waals surface area contributed by atoms with E-state index in [1.165, 1.54) is 23.6 Å². The molecule has 2 heterocycles. The van der Waals surface area contributed by atoms with Crippen molar-refractivity contribution in [2.75, 3.05) is 26.2 Å². The number of aryl methyl sites for hydroxylation is 1. The van der Waals surface area contributed by atoms with Crippen LogP contribution in [0.3, 0.4) is 0 Å². The van der Waals surface area contributed by atoms with E-state index in [0.717, 1.165) is 36.7 Å². The smallest absolute Gasteiger partial charge is 0.269 e. The summed E-state index contributed by atoms with van der Waals surface area (Å²) in [7, 11) is -3.70. The Morgan fingerprint density at radius 3 is 2.39 bits per heavy atom. The number of fused-ring (bicyclic) bond motifs is 3. The molecule has 3 aliphatic rings. The molecule has 1 spiro atoms. The van der Waals surface area contributed by atoms with Crippen molar-refractivity contribution in [2.24, 2.45) is 0 Å². The van der Waals surface area contributed by atoms with Crippen LogP contribution in [-0.2, 0) is 21.9 Å². The number of piperidine rings is 1.